The van der Waals surface area contributed by atoms with Crippen LogP contribution in [0.1, 0.15) is 5.56 Å². The van der Waals surface area contributed by atoms with Crippen LogP contribution in [0.25, 0.3) is 20.2 Å². The number of benzene rings is 2. The van der Waals surface area contributed by atoms with Crippen LogP contribution < -0.4 is 10.3 Å². The fourth-order valence-electron chi connectivity index (χ4n) is 2.19. The van der Waals surface area contributed by atoms with Gasteiger partial charge in [0.15, 0.2) is 5.43 Å². The van der Waals surface area contributed by atoms with Crippen LogP contribution in [0.15, 0.2) is 41.2 Å². The molecule has 0 unspecified atom stereocenters. The molecule has 3 nitrogen and oxygen atoms in total. The van der Waals surface area contributed by atoms with Gasteiger partial charge in [-0.25, -0.2) is 0 Å². The molecule has 0 amide bonds. The molecule has 0 N–H and O–H groups in total. The summed E-state index contributed by atoms with van der Waals surface area (Å²) in [6.45, 7) is 0. The van der Waals surface area contributed by atoms with Crippen molar-refractivity contribution in [3.63, 3.8) is 0 Å². The van der Waals surface area contributed by atoms with Crippen molar-refractivity contribution in [3.05, 3.63) is 52.2 Å². The number of hydrogen-bond donors (Lipinski definition) is 0. The van der Waals surface area contributed by atoms with Gasteiger partial charge in [0.05, 0.1) is 11.6 Å². The van der Waals surface area contributed by atoms with Gasteiger partial charge in [-0.15, -0.1) is 11.3 Å². The predicted molar refractivity (Wildman–Crippen MR) is 84.6 cm³/mol. The van der Waals surface area contributed by atoms with Crippen molar-refractivity contribution >= 4 is 37.2 Å². The van der Waals surface area contributed by atoms with E-state index >= 15 is 0 Å². The van der Waals surface area contributed by atoms with Crippen molar-refractivity contribution < 1.29 is 0 Å². The zero-order chi connectivity index (χ0) is 14.3. The number of nitrogens with zero attached hydrogens (tertiary/aromatic N) is 2. The van der Waals surface area contributed by atoms with Crippen molar-refractivity contribution in [1.29, 1.82) is 5.26 Å². The van der Waals surface area contributed by atoms with Crippen LogP contribution in [0, 0.1) is 11.3 Å². The van der Waals surface area contributed by atoms with E-state index in [-0.39, 0.29) is 5.43 Å². The van der Waals surface area contributed by atoms with Crippen LogP contribution in [0.4, 0.5) is 5.69 Å². The zero-order valence-electron chi connectivity index (χ0n) is 11.2. The van der Waals surface area contributed by atoms with Crippen LogP contribution in [0.3, 0.4) is 0 Å². The molecule has 98 valence electrons. The fraction of sp³-hybridized carbons (Fsp3) is 0.125. The minimum Gasteiger partial charge on any atom is -0.378 e. The molecule has 0 radical (unpaired) electrons. The first-order valence-corrected chi connectivity index (χ1v) is 7.00. The lowest BCUT2D eigenvalue weighted by molar-refractivity contribution is 1.14. The summed E-state index contributed by atoms with van der Waals surface area (Å²) in [7, 11) is 3.91. The highest BCUT2D eigenvalue weighted by molar-refractivity contribution is 7.24. The molecule has 0 atom stereocenters. The molecule has 0 fully saturated rings. The van der Waals surface area contributed by atoms with E-state index in [2.05, 4.69) is 6.07 Å². The van der Waals surface area contributed by atoms with Crippen LogP contribution >= 0.6 is 11.3 Å². The van der Waals surface area contributed by atoms with E-state index < -0.39 is 0 Å². The Balaban J connectivity index is 2.41. The first-order chi connectivity index (χ1) is 9.60. The van der Waals surface area contributed by atoms with Gasteiger partial charge in [0, 0.05) is 40.0 Å². The monoisotopic (exact) mass is 280 g/mol. The van der Waals surface area contributed by atoms with Gasteiger partial charge in [0.25, 0.3) is 0 Å². The lowest BCUT2D eigenvalue weighted by atomic mass is 10.1. The highest BCUT2D eigenvalue weighted by atomic mass is 32.1. The Kier molecular flexibility index (Phi) is 2.92. The molecule has 0 aliphatic carbocycles. The molecule has 1 aromatic heterocycles. The average molecular weight is 280 g/mol. The third kappa shape index (κ3) is 1.93. The molecule has 0 saturated heterocycles. The second-order valence-electron chi connectivity index (χ2n) is 4.83. The van der Waals surface area contributed by atoms with Gasteiger partial charge < -0.3 is 4.90 Å². The average Bonchev–Trinajstić information content (AvgIpc) is 2.46. The van der Waals surface area contributed by atoms with E-state index in [4.69, 9.17) is 5.26 Å². The molecule has 0 aliphatic heterocycles. The van der Waals surface area contributed by atoms with Crippen LogP contribution in [0.2, 0.25) is 0 Å². The first kappa shape index (κ1) is 12.6. The maximum Gasteiger partial charge on any atom is 0.195 e. The third-order valence-electron chi connectivity index (χ3n) is 3.30. The molecular weight excluding hydrogens is 268 g/mol. The van der Waals surface area contributed by atoms with E-state index in [0.29, 0.717) is 10.9 Å². The summed E-state index contributed by atoms with van der Waals surface area (Å²) in [6.07, 6.45) is 0. The molecule has 0 saturated carbocycles. The standard InChI is InChI=1S/C16H12N2OS/c1-18(2)11-4-6-14-13(8-11)16(19)12-5-3-10(9-17)7-15(12)20-14/h3-8H,1-2H3. The number of anilines is 1. The molecule has 0 bridgehead atoms. The van der Waals surface area contributed by atoms with Gasteiger partial charge in [-0.2, -0.15) is 5.26 Å². The van der Waals surface area contributed by atoms with E-state index in [1.54, 1.807) is 29.5 Å². The normalized spacial score (nSPS) is 10.7. The molecule has 1 heterocycles. The van der Waals surface area contributed by atoms with Crippen molar-refractivity contribution in [2.45, 2.75) is 0 Å². The lowest BCUT2D eigenvalue weighted by Gasteiger charge is -2.12. The maximum atomic E-state index is 12.6. The van der Waals surface area contributed by atoms with Gasteiger partial charge in [-0.1, -0.05) is 0 Å². The number of rotatable bonds is 1. The molecule has 0 spiro atoms. The second kappa shape index (κ2) is 4.62. The molecule has 20 heavy (non-hydrogen) atoms. The number of fused-ring (bicyclic) bond motifs is 2. The Hall–Kier alpha value is -2.38. The zero-order valence-corrected chi connectivity index (χ0v) is 12.0. The van der Waals surface area contributed by atoms with Crippen molar-refractivity contribution in [2.75, 3.05) is 19.0 Å². The Morgan fingerprint density at radius 3 is 2.55 bits per heavy atom. The third-order valence-corrected chi connectivity index (χ3v) is 4.43. The summed E-state index contributed by atoms with van der Waals surface area (Å²) in [5.41, 5.74) is 1.62. The number of nitriles is 1. The fourth-order valence-corrected chi connectivity index (χ4v) is 3.28. The van der Waals surface area contributed by atoms with Crippen LogP contribution in [-0.2, 0) is 0 Å². The second-order valence-corrected chi connectivity index (χ2v) is 5.91. The van der Waals surface area contributed by atoms with E-state index in [1.165, 1.54) is 0 Å². The van der Waals surface area contributed by atoms with Gasteiger partial charge in [0.1, 0.15) is 0 Å². The molecular formula is C16H12N2OS. The van der Waals surface area contributed by atoms with Gasteiger partial charge in [-0.3, -0.25) is 4.79 Å². The lowest BCUT2D eigenvalue weighted by Crippen LogP contribution is -2.09. The highest BCUT2D eigenvalue weighted by Crippen LogP contribution is 2.27. The Bertz CT molecular complexity index is 919. The molecule has 3 aromatic rings. The summed E-state index contributed by atoms with van der Waals surface area (Å²) in [5.74, 6) is 0. The highest BCUT2D eigenvalue weighted by Gasteiger charge is 2.08. The minimum absolute atomic E-state index is 0.0296. The van der Waals surface area contributed by atoms with Crippen molar-refractivity contribution in [2.24, 2.45) is 0 Å². The van der Waals surface area contributed by atoms with Crippen molar-refractivity contribution in [3.8, 4) is 6.07 Å². The predicted octanol–water partition coefficient (Wildman–Crippen LogP) is 3.35. The van der Waals surface area contributed by atoms with Crippen molar-refractivity contribution in [1.82, 2.24) is 0 Å². The Labute approximate surface area is 120 Å². The van der Waals surface area contributed by atoms with Gasteiger partial charge in [-0.05, 0) is 36.4 Å². The molecule has 0 aliphatic rings. The van der Waals surface area contributed by atoms with Crippen LogP contribution in [-0.4, -0.2) is 14.1 Å². The smallest absolute Gasteiger partial charge is 0.195 e. The minimum atomic E-state index is 0.0296. The molecule has 4 heteroatoms. The first-order valence-electron chi connectivity index (χ1n) is 6.18. The summed E-state index contributed by atoms with van der Waals surface area (Å²) in [5, 5.41) is 10.4. The Morgan fingerprint density at radius 1 is 1.05 bits per heavy atom. The van der Waals surface area contributed by atoms with E-state index in [0.717, 1.165) is 20.5 Å². The summed E-state index contributed by atoms with van der Waals surface area (Å²) in [6, 6.07) is 13.2. The number of hydrogen-bond acceptors (Lipinski definition) is 4. The van der Waals surface area contributed by atoms with E-state index in [1.807, 2.05) is 37.2 Å². The summed E-state index contributed by atoms with van der Waals surface area (Å²) in [4.78, 5) is 14.5. The topological polar surface area (TPSA) is 44.1 Å². The molecule has 3 rings (SSSR count). The van der Waals surface area contributed by atoms with E-state index in [9.17, 15) is 4.79 Å². The van der Waals surface area contributed by atoms with Gasteiger partial charge in [0.2, 0.25) is 0 Å². The largest absolute Gasteiger partial charge is 0.378 e. The molecule has 2 aromatic carbocycles. The summed E-state index contributed by atoms with van der Waals surface area (Å²) < 4.78 is 1.81. The quantitative estimate of drug-likeness (QED) is 0.642. The SMILES string of the molecule is CN(C)c1ccc2sc3cc(C#N)ccc3c(=O)c2c1. The Morgan fingerprint density at radius 2 is 1.85 bits per heavy atom. The van der Waals surface area contributed by atoms with Crippen LogP contribution in [0.5, 0.6) is 0 Å². The summed E-state index contributed by atoms with van der Waals surface area (Å²) >= 11 is 1.55. The maximum absolute atomic E-state index is 12.6. The van der Waals surface area contributed by atoms with Gasteiger partial charge >= 0.3 is 0 Å².